The van der Waals surface area contributed by atoms with E-state index in [1.54, 1.807) is 0 Å². The average Bonchev–Trinajstić information content (AvgIpc) is 2.43. The van der Waals surface area contributed by atoms with Crippen LogP contribution in [0.1, 0.15) is 32.6 Å². The van der Waals surface area contributed by atoms with E-state index in [1.165, 1.54) is 16.7 Å². The zero-order valence-electron chi connectivity index (χ0n) is 13.3. The number of rotatable bonds is 5. The first-order chi connectivity index (χ1) is 9.97. The lowest BCUT2D eigenvalue weighted by atomic mass is 9.98. The van der Waals surface area contributed by atoms with Gasteiger partial charge in [0, 0.05) is 12.1 Å². The van der Waals surface area contributed by atoms with E-state index in [0.29, 0.717) is 6.54 Å². The van der Waals surface area contributed by atoms with E-state index in [2.05, 4.69) is 36.9 Å². The molecule has 0 N–H and O–H groups in total. The van der Waals surface area contributed by atoms with Gasteiger partial charge in [0.1, 0.15) is 0 Å². The van der Waals surface area contributed by atoms with E-state index in [9.17, 15) is 4.79 Å². The minimum atomic E-state index is 0.189. The van der Waals surface area contributed by atoms with Gasteiger partial charge in [-0.25, -0.2) is 0 Å². The summed E-state index contributed by atoms with van der Waals surface area (Å²) in [5.74, 6) is 0.189. The summed E-state index contributed by atoms with van der Waals surface area (Å²) in [5.41, 5.74) is 5.55. The van der Waals surface area contributed by atoms with Crippen LogP contribution < -0.4 is 0 Å². The number of hydrogen-bond acceptors (Lipinski definition) is 2. The number of ketones is 1. The van der Waals surface area contributed by atoms with Gasteiger partial charge in [-0.05, 0) is 56.1 Å². The summed E-state index contributed by atoms with van der Waals surface area (Å²) in [5, 5.41) is 0. The number of carbonyl (C=O) groups excluding carboxylic acids is 1. The van der Waals surface area contributed by atoms with Crippen LogP contribution in [-0.2, 0) is 6.54 Å². The van der Waals surface area contributed by atoms with Crippen molar-refractivity contribution < 1.29 is 4.79 Å². The smallest absolute Gasteiger partial charge is 0.177 e. The molecule has 0 aliphatic heterocycles. The Morgan fingerprint density at radius 2 is 1.57 bits per heavy atom. The molecule has 0 heterocycles. The van der Waals surface area contributed by atoms with Crippen LogP contribution in [0.15, 0.2) is 42.5 Å². The van der Waals surface area contributed by atoms with Crippen LogP contribution in [0.5, 0.6) is 0 Å². The molecule has 0 aromatic heterocycles. The third kappa shape index (κ3) is 4.02. The zero-order chi connectivity index (χ0) is 15.4. The molecule has 2 nitrogen and oxygen atoms in total. The van der Waals surface area contributed by atoms with Gasteiger partial charge in [-0.3, -0.25) is 9.69 Å². The predicted octanol–water partition coefficient (Wildman–Crippen LogP) is 3.93. The molecule has 110 valence electrons. The molecule has 0 aliphatic rings. The van der Waals surface area contributed by atoms with Gasteiger partial charge in [0.05, 0.1) is 6.54 Å². The van der Waals surface area contributed by atoms with Crippen molar-refractivity contribution in [1.82, 2.24) is 4.90 Å². The molecule has 0 unspecified atom stereocenters. The average molecular weight is 281 g/mol. The summed E-state index contributed by atoms with van der Waals surface area (Å²) in [6.07, 6.45) is 0. The first-order valence-corrected chi connectivity index (χ1v) is 7.31. The number of nitrogens with zero attached hydrogens (tertiary/aromatic N) is 1. The predicted molar refractivity (Wildman–Crippen MR) is 87.8 cm³/mol. The summed E-state index contributed by atoms with van der Waals surface area (Å²) >= 11 is 0. The molecular formula is C19H23NO. The third-order valence-corrected chi connectivity index (χ3v) is 3.85. The SMILES string of the molecule is Cc1cc(C)c(C(=O)CN(C)Cc2ccccc2)cc1C. The second kappa shape index (κ2) is 6.68. The Labute approximate surface area is 127 Å². The molecule has 0 bridgehead atoms. The van der Waals surface area contributed by atoms with Crippen LogP contribution in [-0.4, -0.2) is 24.3 Å². The highest BCUT2D eigenvalue weighted by Gasteiger charge is 2.13. The molecule has 0 radical (unpaired) electrons. The van der Waals surface area contributed by atoms with Gasteiger partial charge in [0.2, 0.25) is 0 Å². The molecule has 2 heteroatoms. The Balaban J connectivity index is 2.06. The maximum atomic E-state index is 12.5. The lowest BCUT2D eigenvalue weighted by Gasteiger charge is -2.17. The summed E-state index contributed by atoms with van der Waals surface area (Å²) < 4.78 is 0. The fraction of sp³-hybridized carbons (Fsp3) is 0.316. The molecule has 0 fully saturated rings. The van der Waals surface area contributed by atoms with Crippen molar-refractivity contribution in [3.63, 3.8) is 0 Å². The number of hydrogen-bond donors (Lipinski definition) is 0. The quantitative estimate of drug-likeness (QED) is 0.774. The molecule has 2 aromatic carbocycles. The van der Waals surface area contributed by atoms with Crippen LogP contribution in [0.25, 0.3) is 0 Å². The second-order valence-corrected chi connectivity index (χ2v) is 5.83. The fourth-order valence-corrected chi connectivity index (χ4v) is 2.54. The normalized spacial score (nSPS) is 10.9. The largest absolute Gasteiger partial charge is 0.295 e. The number of benzene rings is 2. The maximum absolute atomic E-state index is 12.5. The van der Waals surface area contributed by atoms with Crippen LogP contribution in [0.3, 0.4) is 0 Å². The van der Waals surface area contributed by atoms with E-state index in [0.717, 1.165) is 17.7 Å². The van der Waals surface area contributed by atoms with Crippen LogP contribution in [0.4, 0.5) is 0 Å². The zero-order valence-corrected chi connectivity index (χ0v) is 13.3. The minimum Gasteiger partial charge on any atom is -0.295 e. The topological polar surface area (TPSA) is 20.3 Å². The molecule has 0 spiro atoms. The van der Waals surface area contributed by atoms with E-state index in [4.69, 9.17) is 0 Å². The minimum absolute atomic E-state index is 0.189. The van der Waals surface area contributed by atoms with Crippen molar-refractivity contribution >= 4 is 5.78 Å². The lowest BCUT2D eigenvalue weighted by molar-refractivity contribution is 0.0942. The molecule has 0 saturated heterocycles. The number of Topliss-reactive ketones (excluding diaryl/α,β-unsaturated/α-hetero) is 1. The first-order valence-electron chi connectivity index (χ1n) is 7.31. The first kappa shape index (κ1) is 15.5. The van der Waals surface area contributed by atoms with Crippen molar-refractivity contribution in [3.8, 4) is 0 Å². The van der Waals surface area contributed by atoms with Gasteiger partial charge in [-0.15, -0.1) is 0 Å². The van der Waals surface area contributed by atoms with E-state index < -0.39 is 0 Å². The molecule has 21 heavy (non-hydrogen) atoms. The van der Waals surface area contributed by atoms with E-state index >= 15 is 0 Å². The summed E-state index contributed by atoms with van der Waals surface area (Å²) in [4.78, 5) is 14.5. The molecule has 2 rings (SSSR count). The van der Waals surface area contributed by atoms with Crippen molar-refractivity contribution in [2.24, 2.45) is 0 Å². The Morgan fingerprint density at radius 1 is 0.952 bits per heavy atom. The van der Waals surface area contributed by atoms with Gasteiger partial charge in [-0.1, -0.05) is 36.4 Å². The van der Waals surface area contributed by atoms with Crippen molar-refractivity contribution in [2.45, 2.75) is 27.3 Å². The van der Waals surface area contributed by atoms with Gasteiger partial charge >= 0.3 is 0 Å². The Morgan fingerprint density at radius 3 is 2.24 bits per heavy atom. The van der Waals surface area contributed by atoms with Crippen molar-refractivity contribution in [2.75, 3.05) is 13.6 Å². The van der Waals surface area contributed by atoms with Gasteiger partial charge in [-0.2, -0.15) is 0 Å². The Kier molecular flexibility index (Phi) is 4.92. The standard InChI is InChI=1S/C19H23NO/c1-14-10-16(3)18(11-15(14)2)19(21)13-20(4)12-17-8-6-5-7-9-17/h5-11H,12-13H2,1-4H3. The van der Waals surface area contributed by atoms with Crippen LogP contribution in [0, 0.1) is 20.8 Å². The lowest BCUT2D eigenvalue weighted by Crippen LogP contribution is -2.26. The molecule has 2 aromatic rings. The molecule has 0 aliphatic carbocycles. The van der Waals surface area contributed by atoms with Crippen molar-refractivity contribution in [1.29, 1.82) is 0 Å². The number of aryl methyl sites for hydroxylation is 3. The highest BCUT2D eigenvalue weighted by atomic mass is 16.1. The maximum Gasteiger partial charge on any atom is 0.177 e. The highest BCUT2D eigenvalue weighted by molar-refractivity contribution is 5.99. The second-order valence-electron chi connectivity index (χ2n) is 5.83. The molecular weight excluding hydrogens is 258 g/mol. The molecule has 0 saturated carbocycles. The Bertz CT molecular complexity index is 632. The van der Waals surface area contributed by atoms with E-state index in [-0.39, 0.29) is 5.78 Å². The Hall–Kier alpha value is -1.93. The summed E-state index contributed by atoms with van der Waals surface area (Å²) in [7, 11) is 1.99. The molecule has 0 atom stereocenters. The number of carbonyl (C=O) groups is 1. The van der Waals surface area contributed by atoms with Gasteiger partial charge in [0.15, 0.2) is 5.78 Å². The molecule has 0 amide bonds. The van der Waals surface area contributed by atoms with E-state index in [1.807, 2.05) is 38.2 Å². The monoisotopic (exact) mass is 281 g/mol. The fourth-order valence-electron chi connectivity index (χ4n) is 2.54. The number of likely N-dealkylation sites (N-methyl/N-ethyl adjacent to an activating group) is 1. The summed E-state index contributed by atoms with van der Waals surface area (Å²) in [6, 6.07) is 14.3. The third-order valence-electron chi connectivity index (χ3n) is 3.85. The van der Waals surface area contributed by atoms with Gasteiger partial charge in [0.25, 0.3) is 0 Å². The van der Waals surface area contributed by atoms with Gasteiger partial charge < -0.3 is 0 Å². The summed E-state index contributed by atoms with van der Waals surface area (Å²) in [6.45, 7) is 7.38. The highest BCUT2D eigenvalue weighted by Crippen LogP contribution is 2.16. The van der Waals surface area contributed by atoms with Crippen molar-refractivity contribution in [3.05, 3.63) is 70.3 Å². The van der Waals surface area contributed by atoms with Crippen LogP contribution >= 0.6 is 0 Å². The van der Waals surface area contributed by atoms with Crippen LogP contribution in [0.2, 0.25) is 0 Å².